The molecule has 186 valence electrons. The maximum atomic E-state index is 15.1. The third-order valence-corrected chi connectivity index (χ3v) is 6.87. The van der Waals surface area contributed by atoms with Crippen LogP contribution < -0.4 is 4.90 Å². The molecule has 0 saturated carbocycles. The molecule has 1 aliphatic rings. The van der Waals surface area contributed by atoms with Crippen LogP contribution in [0.25, 0.3) is 0 Å². The van der Waals surface area contributed by atoms with E-state index in [0.29, 0.717) is 13.0 Å². The van der Waals surface area contributed by atoms with Crippen LogP contribution in [0.5, 0.6) is 0 Å². The molecule has 0 spiro atoms. The molecule has 0 radical (unpaired) electrons. The maximum absolute atomic E-state index is 15.1. The van der Waals surface area contributed by atoms with Gasteiger partial charge in [0.05, 0.1) is 11.7 Å². The standard InChI is InChI=1S/C28H28F2N4O2/c1-4-34-25-11-8-14-28(15-16-35,22(25)19-31-34)33(3)27(36)32(2)26-23(29)17-21(18-24(26)30)13-12-20-9-6-5-7-10-20/h5-7,9-10,16-19H,4,8,11,14-15H2,1-3H3/t28-/m0/s1. The Balaban J connectivity index is 1.65. The van der Waals surface area contributed by atoms with Crippen molar-refractivity contribution in [3.8, 4) is 11.8 Å². The summed E-state index contributed by atoms with van der Waals surface area (Å²) in [5.74, 6) is 3.83. The van der Waals surface area contributed by atoms with Crippen molar-refractivity contribution in [1.29, 1.82) is 0 Å². The van der Waals surface area contributed by atoms with E-state index in [1.54, 1.807) is 25.4 Å². The largest absolute Gasteiger partial charge is 0.324 e. The van der Waals surface area contributed by atoms with E-state index in [1.807, 2.05) is 29.8 Å². The summed E-state index contributed by atoms with van der Waals surface area (Å²) in [6.45, 7) is 2.64. The Morgan fingerprint density at radius 1 is 1.14 bits per heavy atom. The van der Waals surface area contributed by atoms with E-state index in [4.69, 9.17) is 0 Å². The Kier molecular flexibility index (Phi) is 7.20. The molecule has 2 amide bonds. The van der Waals surface area contributed by atoms with Crippen LogP contribution >= 0.6 is 0 Å². The molecule has 1 aliphatic carbocycles. The molecule has 1 heterocycles. The predicted octanol–water partition coefficient (Wildman–Crippen LogP) is 4.89. The number of aromatic nitrogens is 2. The predicted molar refractivity (Wildman–Crippen MR) is 134 cm³/mol. The van der Waals surface area contributed by atoms with Gasteiger partial charge in [0.1, 0.15) is 12.0 Å². The van der Waals surface area contributed by atoms with Crippen molar-refractivity contribution in [3.63, 3.8) is 0 Å². The summed E-state index contributed by atoms with van der Waals surface area (Å²) in [6.07, 6.45) is 4.63. The summed E-state index contributed by atoms with van der Waals surface area (Å²) in [6, 6.07) is 10.7. The Morgan fingerprint density at radius 3 is 2.44 bits per heavy atom. The number of rotatable bonds is 5. The lowest BCUT2D eigenvalue weighted by molar-refractivity contribution is -0.110. The minimum atomic E-state index is -0.942. The zero-order chi connectivity index (χ0) is 25.9. The molecule has 0 saturated heterocycles. The van der Waals surface area contributed by atoms with E-state index >= 15 is 8.78 Å². The number of halogens is 2. The molecular weight excluding hydrogens is 462 g/mol. The average Bonchev–Trinajstić information content (AvgIpc) is 3.31. The highest BCUT2D eigenvalue weighted by atomic mass is 19.1. The Hall–Kier alpha value is -3.99. The number of hydrogen-bond donors (Lipinski definition) is 0. The third kappa shape index (κ3) is 4.49. The Morgan fingerprint density at radius 2 is 1.81 bits per heavy atom. The number of aryl methyl sites for hydroxylation is 1. The first-order chi connectivity index (χ1) is 17.3. The number of carbonyl (C=O) groups excluding carboxylic acids is 2. The second-order valence-electron chi connectivity index (χ2n) is 8.88. The lowest BCUT2D eigenvalue weighted by atomic mass is 9.76. The van der Waals surface area contributed by atoms with Crippen molar-refractivity contribution < 1.29 is 18.4 Å². The van der Waals surface area contributed by atoms with Gasteiger partial charge in [0.15, 0.2) is 11.6 Å². The second-order valence-corrected chi connectivity index (χ2v) is 8.88. The number of aldehydes is 1. The molecular formula is C28H28F2N4O2. The molecule has 3 aromatic rings. The summed E-state index contributed by atoms with van der Waals surface area (Å²) in [5, 5.41) is 4.43. The van der Waals surface area contributed by atoms with Crippen molar-refractivity contribution in [2.24, 2.45) is 0 Å². The summed E-state index contributed by atoms with van der Waals surface area (Å²) in [5.41, 5.74) is 1.25. The van der Waals surface area contributed by atoms with Crippen molar-refractivity contribution >= 4 is 18.0 Å². The van der Waals surface area contributed by atoms with Crippen LogP contribution in [0.2, 0.25) is 0 Å². The molecule has 0 unspecified atom stereocenters. The van der Waals surface area contributed by atoms with Gasteiger partial charge in [-0.3, -0.25) is 9.58 Å². The van der Waals surface area contributed by atoms with Gasteiger partial charge in [-0.05, 0) is 50.5 Å². The van der Waals surface area contributed by atoms with E-state index in [-0.39, 0.29) is 12.0 Å². The average molecular weight is 491 g/mol. The van der Waals surface area contributed by atoms with Crippen LogP contribution in [0.15, 0.2) is 48.7 Å². The van der Waals surface area contributed by atoms with Crippen LogP contribution in [-0.4, -0.2) is 41.1 Å². The van der Waals surface area contributed by atoms with Gasteiger partial charge >= 0.3 is 6.03 Å². The van der Waals surface area contributed by atoms with Gasteiger partial charge in [0.25, 0.3) is 0 Å². The number of anilines is 1. The van der Waals surface area contributed by atoms with E-state index in [2.05, 4.69) is 16.9 Å². The SMILES string of the molecule is CCn1ncc2c1CCC[C@@]2(CC=O)N(C)C(=O)N(C)c1c(F)cc(C#Cc2ccccc2)cc1F. The minimum absolute atomic E-state index is 0.0600. The number of hydrogen-bond acceptors (Lipinski definition) is 3. The lowest BCUT2D eigenvalue weighted by Gasteiger charge is -2.44. The number of fused-ring (bicyclic) bond motifs is 1. The Labute approximate surface area is 209 Å². The minimum Gasteiger partial charge on any atom is -0.317 e. The van der Waals surface area contributed by atoms with Crippen molar-refractivity contribution in [2.45, 2.75) is 44.7 Å². The molecule has 36 heavy (non-hydrogen) atoms. The van der Waals surface area contributed by atoms with E-state index in [1.165, 1.54) is 11.9 Å². The molecule has 6 nitrogen and oxygen atoms in total. The first kappa shape index (κ1) is 25.1. The topological polar surface area (TPSA) is 58.4 Å². The van der Waals surface area contributed by atoms with Gasteiger partial charge in [0, 0.05) is 49.4 Å². The van der Waals surface area contributed by atoms with Gasteiger partial charge in [0.2, 0.25) is 0 Å². The number of nitrogens with zero attached hydrogens (tertiary/aromatic N) is 4. The maximum Gasteiger partial charge on any atom is 0.324 e. The van der Waals surface area contributed by atoms with Crippen LogP contribution in [-0.2, 0) is 23.3 Å². The first-order valence-corrected chi connectivity index (χ1v) is 11.9. The van der Waals surface area contributed by atoms with E-state index in [0.717, 1.165) is 53.0 Å². The molecule has 8 heteroatoms. The van der Waals surface area contributed by atoms with Crippen LogP contribution in [0.3, 0.4) is 0 Å². The quantitative estimate of drug-likeness (QED) is 0.378. The van der Waals surface area contributed by atoms with Crippen molar-refractivity contribution in [3.05, 3.63) is 82.7 Å². The molecule has 1 aromatic heterocycles. The molecule has 0 bridgehead atoms. The first-order valence-electron chi connectivity index (χ1n) is 11.9. The van der Waals surface area contributed by atoms with Gasteiger partial charge < -0.3 is 9.69 Å². The smallest absolute Gasteiger partial charge is 0.317 e. The zero-order valence-corrected chi connectivity index (χ0v) is 20.6. The lowest BCUT2D eigenvalue weighted by Crippen LogP contribution is -2.53. The van der Waals surface area contributed by atoms with Gasteiger partial charge in [-0.25, -0.2) is 13.6 Å². The monoisotopic (exact) mass is 490 g/mol. The number of urea groups is 1. The Bertz CT molecular complexity index is 1320. The fourth-order valence-electron chi connectivity index (χ4n) is 4.98. The van der Waals surface area contributed by atoms with Crippen molar-refractivity contribution in [1.82, 2.24) is 14.7 Å². The van der Waals surface area contributed by atoms with Crippen LogP contribution in [0.4, 0.5) is 19.3 Å². The van der Waals surface area contributed by atoms with Gasteiger partial charge in [-0.1, -0.05) is 30.0 Å². The summed E-state index contributed by atoms with van der Waals surface area (Å²) in [7, 11) is 2.89. The molecule has 0 fully saturated rings. The number of benzene rings is 2. The highest BCUT2D eigenvalue weighted by Crippen LogP contribution is 2.42. The van der Waals surface area contributed by atoms with Crippen LogP contribution in [0, 0.1) is 23.5 Å². The van der Waals surface area contributed by atoms with Crippen molar-refractivity contribution in [2.75, 3.05) is 19.0 Å². The third-order valence-electron chi connectivity index (χ3n) is 6.87. The molecule has 1 atom stereocenters. The van der Waals surface area contributed by atoms with Gasteiger partial charge in [-0.15, -0.1) is 0 Å². The molecule has 0 aliphatic heterocycles. The highest BCUT2D eigenvalue weighted by Gasteiger charge is 2.45. The molecule has 4 rings (SSSR count). The molecule has 2 aromatic carbocycles. The summed E-state index contributed by atoms with van der Waals surface area (Å²) in [4.78, 5) is 27.7. The van der Waals surface area contributed by atoms with E-state index in [9.17, 15) is 9.59 Å². The zero-order valence-electron chi connectivity index (χ0n) is 20.6. The summed E-state index contributed by atoms with van der Waals surface area (Å²) < 4.78 is 32.1. The highest BCUT2D eigenvalue weighted by molar-refractivity contribution is 5.92. The normalized spacial score (nSPS) is 16.5. The number of amides is 2. The fraction of sp³-hybridized carbons (Fsp3) is 0.321. The molecule has 0 N–H and O–H groups in total. The van der Waals surface area contributed by atoms with Gasteiger partial charge in [-0.2, -0.15) is 5.10 Å². The second kappa shape index (κ2) is 10.3. The fourth-order valence-corrected chi connectivity index (χ4v) is 4.98. The van der Waals surface area contributed by atoms with E-state index < -0.39 is 28.9 Å². The van der Waals surface area contributed by atoms with Crippen LogP contribution in [0.1, 0.15) is 48.6 Å². The summed E-state index contributed by atoms with van der Waals surface area (Å²) >= 11 is 0. The number of carbonyl (C=O) groups is 2.